The number of carbonyl (C=O) groups excluding carboxylic acids is 1. The summed E-state index contributed by atoms with van der Waals surface area (Å²) in [6, 6.07) is 12.0. The molecule has 1 aliphatic rings. The number of rotatable bonds is 5. The van der Waals surface area contributed by atoms with Crippen molar-refractivity contribution in [1.29, 1.82) is 0 Å². The highest BCUT2D eigenvalue weighted by Crippen LogP contribution is 2.38. The average molecular weight is 354 g/mol. The molecule has 0 spiro atoms. The van der Waals surface area contributed by atoms with Gasteiger partial charge in [0.25, 0.3) is 0 Å². The first-order valence-electron chi connectivity index (χ1n) is 8.08. The summed E-state index contributed by atoms with van der Waals surface area (Å²) in [7, 11) is 0. The fourth-order valence-corrected chi connectivity index (χ4v) is 4.06. The molecular formula is C18H18N4O2S. The van der Waals surface area contributed by atoms with E-state index in [0.29, 0.717) is 18.8 Å². The number of aryl methyl sites for hydroxylation is 1. The smallest absolute Gasteiger partial charge is 0.234 e. The highest BCUT2D eigenvalue weighted by Gasteiger charge is 2.35. The molecule has 3 heterocycles. The molecule has 2 aromatic heterocycles. The maximum Gasteiger partial charge on any atom is 0.234 e. The largest absolute Gasteiger partial charge is 0.467 e. The van der Waals surface area contributed by atoms with Crippen molar-refractivity contribution in [2.75, 3.05) is 5.75 Å². The third kappa shape index (κ3) is 3.46. The fourth-order valence-electron chi connectivity index (χ4n) is 2.94. The summed E-state index contributed by atoms with van der Waals surface area (Å²) < 4.78 is 7.20. The van der Waals surface area contributed by atoms with Crippen molar-refractivity contribution in [2.24, 2.45) is 0 Å². The minimum atomic E-state index is -0.121. The molecule has 1 unspecified atom stereocenters. The number of hydrogen-bond acceptors (Lipinski definition) is 5. The normalized spacial score (nSPS) is 17.4. The SMILES string of the molecule is Cc1cccc(Cn2cc(C3SCC(=O)N3Cc3ccco3)nn2)c1. The van der Waals surface area contributed by atoms with Crippen molar-refractivity contribution < 1.29 is 9.21 Å². The van der Waals surface area contributed by atoms with Gasteiger partial charge in [0.05, 0.1) is 31.3 Å². The quantitative estimate of drug-likeness (QED) is 0.705. The predicted molar refractivity (Wildman–Crippen MR) is 94.8 cm³/mol. The number of benzene rings is 1. The summed E-state index contributed by atoms with van der Waals surface area (Å²) in [5.74, 6) is 1.32. The lowest BCUT2D eigenvalue weighted by molar-refractivity contribution is -0.128. The number of furan rings is 1. The van der Waals surface area contributed by atoms with E-state index >= 15 is 0 Å². The van der Waals surface area contributed by atoms with Gasteiger partial charge in [-0.1, -0.05) is 35.0 Å². The molecule has 1 aliphatic heterocycles. The molecule has 128 valence electrons. The van der Waals surface area contributed by atoms with Gasteiger partial charge < -0.3 is 9.32 Å². The van der Waals surface area contributed by atoms with Crippen LogP contribution in [0.1, 0.15) is 28.0 Å². The molecule has 25 heavy (non-hydrogen) atoms. The minimum Gasteiger partial charge on any atom is -0.467 e. The molecule has 1 aromatic carbocycles. The molecule has 0 radical (unpaired) electrons. The Morgan fingerprint density at radius 3 is 3.00 bits per heavy atom. The van der Waals surface area contributed by atoms with Gasteiger partial charge >= 0.3 is 0 Å². The van der Waals surface area contributed by atoms with Crippen LogP contribution in [0.4, 0.5) is 0 Å². The predicted octanol–water partition coefficient (Wildman–Crippen LogP) is 3.00. The number of hydrogen-bond donors (Lipinski definition) is 0. The first kappa shape index (κ1) is 16.0. The minimum absolute atomic E-state index is 0.0969. The second-order valence-corrected chi connectivity index (χ2v) is 7.16. The van der Waals surface area contributed by atoms with Gasteiger partial charge in [0.2, 0.25) is 5.91 Å². The molecule has 0 saturated carbocycles. The van der Waals surface area contributed by atoms with Crippen molar-refractivity contribution >= 4 is 17.7 Å². The molecule has 1 amide bonds. The van der Waals surface area contributed by atoms with E-state index in [1.54, 1.807) is 22.9 Å². The van der Waals surface area contributed by atoms with Gasteiger partial charge in [0, 0.05) is 0 Å². The zero-order chi connectivity index (χ0) is 17.2. The van der Waals surface area contributed by atoms with Gasteiger partial charge in [0.15, 0.2) is 0 Å². The Hall–Kier alpha value is -2.54. The van der Waals surface area contributed by atoms with Crippen molar-refractivity contribution in [1.82, 2.24) is 19.9 Å². The van der Waals surface area contributed by atoms with Crippen molar-refractivity contribution in [3.63, 3.8) is 0 Å². The summed E-state index contributed by atoms with van der Waals surface area (Å²) in [4.78, 5) is 14.0. The number of carbonyl (C=O) groups is 1. The highest BCUT2D eigenvalue weighted by molar-refractivity contribution is 8.00. The van der Waals surface area contributed by atoms with E-state index in [0.717, 1.165) is 11.5 Å². The summed E-state index contributed by atoms with van der Waals surface area (Å²) in [6.45, 7) is 3.19. The summed E-state index contributed by atoms with van der Waals surface area (Å²) >= 11 is 1.57. The summed E-state index contributed by atoms with van der Waals surface area (Å²) in [6.07, 6.45) is 3.55. The zero-order valence-corrected chi connectivity index (χ0v) is 14.6. The Balaban J connectivity index is 1.51. The van der Waals surface area contributed by atoms with Crippen LogP contribution in [0.25, 0.3) is 0 Å². The molecule has 4 rings (SSSR count). The first-order valence-corrected chi connectivity index (χ1v) is 9.13. The van der Waals surface area contributed by atoms with Crippen LogP contribution in [0, 0.1) is 6.92 Å². The van der Waals surface area contributed by atoms with E-state index in [1.165, 1.54) is 11.1 Å². The molecule has 6 nitrogen and oxygen atoms in total. The molecule has 1 fully saturated rings. The fraction of sp³-hybridized carbons (Fsp3) is 0.278. The monoisotopic (exact) mass is 354 g/mol. The van der Waals surface area contributed by atoms with Gasteiger partial charge in [-0.15, -0.1) is 16.9 Å². The Morgan fingerprint density at radius 2 is 2.20 bits per heavy atom. The average Bonchev–Trinajstić information content (AvgIpc) is 3.31. The van der Waals surface area contributed by atoms with E-state index in [2.05, 4.69) is 35.4 Å². The molecule has 7 heteroatoms. The maximum absolute atomic E-state index is 12.2. The van der Waals surface area contributed by atoms with E-state index in [4.69, 9.17) is 4.42 Å². The molecule has 3 aromatic rings. The Labute approximate surface area is 149 Å². The maximum atomic E-state index is 12.2. The lowest BCUT2D eigenvalue weighted by Crippen LogP contribution is -2.27. The summed E-state index contributed by atoms with van der Waals surface area (Å²) in [5.41, 5.74) is 3.20. The van der Waals surface area contributed by atoms with E-state index < -0.39 is 0 Å². The van der Waals surface area contributed by atoms with Gasteiger partial charge in [-0.05, 0) is 24.6 Å². The Bertz CT molecular complexity index is 875. The lowest BCUT2D eigenvalue weighted by Gasteiger charge is -2.20. The van der Waals surface area contributed by atoms with Crippen molar-refractivity contribution in [3.8, 4) is 0 Å². The molecule has 0 N–H and O–H groups in total. The van der Waals surface area contributed by atoms with Crippen LogP contribution in [0.15, 0.2) is 53.3 Å². The Kier molecular flexibility index (Phi) is 4.31. The van der Waals surface area contributed by atoms with Crippen molar-refractivity contribution in [2.45, 2.75) is 25.4 Å². The number of amides is 1. The molecule has 1 saturated heterocycles. The summed E-state index contributed by atoms with van der Waals surface area (Å²) in [5, 5.41) is 8.41. The van der Waals surface area contributed by atoms with Crippen LogP contribution in [-0.2, 0) is 17.9 Å². The molecule has 0 bridgehead atoms. The molecular weight excluding hydrogens is 336 g/mol. The third-order valence-corrected chi connectivity index (χ3v) is 5.34. The standard InChI is InChI=1S/C18H18N4O2S/c1-13-4-2-5-14(8-13)9-21-11-16(19-20-21)18-22(17(23)12-25-18)10-15-6-3-7-24-15/h2-8,11,18H,9-10,12H2,1H3. The molecule has 0 aliphatic carbocycles. The number of nitrogens with zero attached hydrogens (tertiary/aromatic N) is 4. The van der Waals surface area contributed by atoms with Gasteiger partial charge in [0.1, 0.15) is 16.8 Å². The lowest BCUT2D eigenvalue weighted by atomic mass is 10.1. The van der Waals surface area contributed by atoms with Crippen molar-refractivity contribution in [3.05, 3.63) is 71.4 Å². The van der Waals surface area contributed by atoms with Crippen LogP contribution in [0.2, 0.25) is 0 Å². The van der Waals surface area contributed by atoms with Crippen LogP contribution in [0.5, 0.6) is 0 Å². The number of thioether (sulfide) groups is 1. The van der Waals surface area contributed by atoms with Gasteiger partial charge in [-0.3, -0.25) is 4.79 Å². The Morgan fingerprint density at radius 1 is 1.28 bits per heavy atom. The van der Waals surface area contributed by atoms with Crippen LogP contribution in [-0.4, -0.2) is 31.6 Å². The zero-order valence-electron chi connectivity index (χ0n) is 13.8. The van der Waals surface area contributed by atoms with Gasteiger partial charge in [-0.2, -0.15) is 0 Å². The highest BCUT2D eigenvalue weighted by atomic mass is 32.2. The van der Waals surface area contributed by atoms with Crippen LogP contribution < -0.4 is 0 Å². The number of aromatic nitrogens is 3. The van der Waals surface area contributed by atoms with Crippen LogP contribution >= 0.6 is 11.8 Å². The van der Waals surface area contributed by atoms with Crippen LogP contribution in [0.3, 0.4) is 0 Å². The first-order chi connectivity index (χ1) is 12.2. The topological polar surface area (TPSA) is 64.2 Å². The third-order valence-electron chi connectivity index (χ3n) is 4.11. The van der Waals surface area contributed by atoms with E-state index in [-0.39, 0.29) is 11.3 Å². The molecule has 1 atom stereocenters. The van der Waals surface area contributed by atoms with E-state index in [1.807, 2.05) is 29.1 Å². The van der Waals surface area contributed by atoms with E-state index in [9.17, 15) is 4.79 Å². The second kappa shape index (κ2) is 6.76. The second-order valence-electron chi connectivity index (χ2n) is 6.09. The van der Waals surface area contributed by atoms with Gasteiger partial charge in [-0.25, -0.2) is 4.68 Å².